The topological polar surface area (TPSA) is 98.7 Å². The number of ether oxygens (including phenoxy) is 1. The zero-order valence-electron chi connectivity index (χ0n) is 18.5. The Kier molecular flexibility index (Phi) is 5.35. The predicted molar refractivity (Wildman–Crippen MR) is 119 cm³/mol. The molecule has 9 nitrogen and oxygen atoms in total. The highest BCUT2D eigenvalue weighted by Gasteiger charge is 2.36. The number of aryl methyl sites for hydroxylation is 2. The molecule has 0 aliphatic rings. The summed E-state index contributed by atoms with van der Waals surface area (Å²) in [6.45, 7) is 3.65. The Morgan fingerprint density at radius 1 is 1.06 bits per heavy atom. The van der Waals surface area contributed by atoms with Crippen molar-refractivity contribution >= 4 is 23.1 Å². The minimum absolute atomic E-state index is 0.0339. The van der Waals surface area contributed by atoms with E-state index in [1.165, 1.54) is 13.0 Å². The molecular weight excluding hydrogens is 463 g/mol. The van der Waals surface area contributed by atoms with Crippen LogP contribution in [0.2, 0.25) is 0 Å². The second-order valence-electron chi connectivity index (χ2n) is 7.87. The number of benzene rings is 1. The lowest BCUT2D eigenvalue weighted by Crippen LogP contribution is -2.15. The van der Waals surface area contributed by atoms with E-state index >= 15 is 0 Å². The molecule has 5 aromatic rings. The summed E-state index contributed by atoms with van der Waals surface area (Å²) in [6.07, 6.45) is -0.910. The number of nitrogens with one attached hydrogen (secondary N) is 1. The number of pyridine rings is 1. The fraction of sp³-hybridized carbons (Fsp3) is 0.174. The van der Waals surface area contributed by atoms with E-state index in [4.69, 9.17) is 4.74 Å². The van der Waals surface area contributed by atoms with E-state index in [0.29, 0.717) is 17.1 Å². The maximum Gasteiger partial charge on any atom is 0.453 e. The van der Waals surface area contributed by atoms with Crippen molar-refractivity contribution in [2.24, 2.45) is 0 Å². The Labute approximate surface area is 196 Å². The largest absolute Gasteiger partial charge is 0.486 e. The molecule has 4 aromatic heterocycles. The molecule has 0 atom stereocenters. The third kappa shape index (κ3) is 4.50. The van der Waals surface area contributed by atoms with E-state index < -0.39 is 17.9 Å². The van der Waals surface area contributed by atoms with Crippen LogP contribution in [-0.4, -0.2) is 34.9 Å². The molecule has 0 saturated carbocycles. The first-order valence-corrected chi connectivity index (χ1v) is 10.5. The van der Waals surface area contributed by atoms with Crippen LogP contribution in [0.4, 0.5) is 19.0 Å². The average Bonchev–Trinajstić information content (AvgIpc) is 3.42. The summed E-state index contributed by atoms with van der Waals surface area (Å²) in [7, 11) is 0. The molecule has 12 heteroatoms. The SMILES string of the molecule is Cc1ccc2nc(COc3ccccc3C(=O)Nc3cc(C)n4nc(C(F)(F)F)nc4n3)cn2c1. The summed E-state index contributed by atoms with van der Waals surface area (Å²) in [4.78, 5) is 24.9. The molecule has 0 bridgehead atoms. The standard InChI is InChI=1S/C23H18F3N7O2/c1-13-7-8-19-27-15(11-32(19)10-13)12-35-17-6-4-3-5-16(17)20(34)28-18-9-14(2)33-22(29-18)30-21(31-33)23(24,25)26/h3-11H,12H2,1-2H3,(H,28,29,30,31,34). The molecule has 0 fully saturated rings. The maximum absolute atomic E-state index is 13.0. The molecule has 0 radical (unpaired) electrons. The molecule has 1 aromatic carbocycles. The fourth-order valence-electron chi connectivity index (χ4n) is 3.54. The molecule has 0 aliphatic carbocycles. The second kappa shape index (κ2) is 8.38. The first kappa shape index (κ1) is 22.3. The monoisotopic (exact) mass is 481 g/mol. The van der Waals surface area contributed by atoms with Gasteiger partial charge in [-0.3, -0.25) is 4.79 Å². The van der Waals surface area contributed by atoms with Crippen LogP contribution in [0.15, 0.2) is 54.9 Å². The Morgan fingerprint density at radius 3 is 2.66 bits per heavy atom. The van der Waals surface area contributed by atoms with Crippen molar-refractivity contribution in [3.63, 3.8) is 0 Å². The third-order valence-electron chi connectivity index (χ3n) is 5.14. The van der Waals surface area contributed by atoms with Crippen molar-refractivity contribution in [1.29, 1.82) is 0 Å². The normalized spacial score (nSPS) is 11.8. The number of rotatable bonds is 5. The van der Waals surface area contributed by atoms with Crippen LogP contribution < -0.4 is 10.1 Å². The number of fused-ring (bicyclic) bond motifs is 2. The minimum Gasteiger partial charge on any atom is -0.486 e. The van der Waals surface area contributed by atoms with Gasteiger partial charge in [-0.15, -0.1) is 5.10 Å². The van der Waals surface area contributed by atoms with Crippen molar-refractivity contribution in [1.82, 2.24) is 29.0 Å². The highest BCUT2D eigenvalue weighted by atomic mass is 19.4. The van der Waals surface area contributed by atoms with Crippen LogP contribution in [-0.2, 0) is 12.8 Å². The van der Waals surface area contributed by atoms with E-state index in [0.717, 1.165) is 15.7 Å². The van der Waals surface area contributed by atoms with Gasteiger partial charge >= 0.3 is 6.18 Å². The summed E-state index contributed by atoms with van der Waals surface area (Å²) < 4.78 is 47.6. The van der Waals surface area contributed by atoms with Crippen LogP contribution in [0.25, 0.3) is 11.4 Å². The quantitative estimate of drug-likeness (QED) is 0.403. The molecule has 1 N–H and O–H groups in total. The molecule has 0 aliphatic heterocycles. The van der Waals surface area contributed by atoms with Crippen molar-refractivity contribution < 1.29 is 22.7 Å². The highest BCUT2D eigenvalue weighted by Crippen LogP contribution is 2.27. The van der Waals surface area contributed by atoms with Crippen molar-refractivity contribution in [2.45, 2.75) is 26.6 Å². The molecule has 178 valence electrons. The summed E-state index contributed by atoms with van der Waals surface area (Å²) in [5, 5.41) is 6.02. The van der Waals surface area contributed by atoms with Gasteiger partial charge in [0.1, 0.15) is 23.8 Å². The summed E-state index contributed by atoms with van der Waals surface area (Å²) >= 11 is 0. The zero-order chi connectivity index (χ0) is 24.7. The first-order valence-electron chi connectivity index (χ1n) is 10.5. The maximum atomic E-state index is 13.0. The van der Waals surface area contributed by atoms with E-state index in [9.17, 15) is 18.0 Å². The number of carbonyl (C=O) groups excluding carboxylic acids is 1. The Hall–Kier alpha value is -4.48. The van der Waals surface area contributed by atoms with Gasteiger partial charge in [-0.1, -0.05) is 18.2 Å². The van der Waals surface area contributed by atoms with Crippen LogP contribution in [0.3, 0.4) is 0 Å². The number of amides is 1. The van der Waals surface area contributed by atoms with E-state index in [-0.39, 0.29) is 23.8 Å². The van der Waals surface area contributed by atoms with Crippen LogP contribution >= 0.6 is 0 Å². The summed E-state index contributed by atoms with van der Waals surface area (Å²) in [6, 6.07) is 11.9. The smallest absolute Gasteiger partial charge is 0.453 e. The number of hydrogen-bond donors (Lipinski definition) is 1. The van der Waals surface area contributed by atoms with Crippen molar-refractivity contribution in [3.05, 3.63) is 83.2 Å². The lowest BCUT2D eigenvalue weighted by molar-refractivity contribution is -0.144. The van der Waals surface area contributed by atoms with Gasteiger partial charge in [0.25, 0.3) is 17.5 Å². The molecule has 4 heterocycles. The Bertz CT molecular complexity index is 1570. The molecule has 5 rings (SSSR count). The number of alkyl halides is 3. The number of imidazole rings is 1. The van der Waals surface area contributed by atoms with Gasteiger partial charge < -0.3 is 14.5 Å². The third-order valence-corrected chi connectivity index (χ3v) is 5.14. The summed E-state index contributed by atoms with van der Waals surface area (Å²) in [5.74, 6) is -1.78. The molecule has 35 heavy (non-hydrogen) atoms. The number of carbonyl (C=O) groups is 1. The van der Waals surface area contributed by atoms with Gasteiger partial charge in [0.2, 0.25) is 0 Å². The first-order chi connectivity index (χ1) is 16.7. The number of aromatic nitrogens is 6. The number of nitrogens with zero attached hydrogens (tertiary/aromatic N) is 6. The van der Waals surface area contributed by atoms with Gasteiger partial charge in [0, 0.05) is 24.2 Å². The van der Waals surface area contributed by atoms with E-state index in [1.807, 2.05) is 35.9 Å². The van der Waals surface area contributed by atoms with Crippen LogP contribution in [0.1, 0.15) is 33.1 Å². The minimum atomic E-state index is -4.71. The fourth-order valence-corrected chi connectivity index (χ4v) is 3.54. The van der Waals surface area contributed by atoms with E-state index in [2.05, 4.69) is 25.4 Å². The second-order valence-corrected chi connectivity index (χ2v) is 7.87. The Balaban J connectivity index is 1.36. The molecule has 0 unspecified atom stereocenters. The van der Waals surface area contributed by atoms with Gasteiger partial charge in [-0.05, 0) is 37.6 Å². The van der Waals surface area contributed by atoms with Crippen LogP contribution in [0.5, 0.6) is 5.75 Å². The predicted octanol–water partition coefficient (Wildman–Crippen LogP) is 4.24. The number of anilines is 1. The average molecular weight is 481 g/mol. The number of halogens is 3. The van der Waals surface area contributed by atoms with Crippen molar-refractivity contribution in [2.75, 3.05) is 5.32 Å². The van der Waals surface area contributed by atoms with Gasteiger partial charge in [0.15, 0.2) is 0 Å². The molecule has 0 spiro atoms. The lowest BCUT2D eigenvalue weighted by Gasteiger charge is -2.11. The molecular formula is C23H18F3N7O2. The molecule has 1 amide bonds. The van der Waals surface area contributed by atoms with Gasteiger partial charge in [-0.25, -0.2) is 9.50 Å². The highest BCUT2D eigenvalue weighted by molar-refractivity contribution is 6.05. The summed E-state index contributed by atoms with van der Waals surface area (Å²) in [5.41, 5.74) is 3.09. The Morgan fingerprint density at radius 2 is 1.86 bits per heavy atom. The zero-order valence-corrected chi connectivity index (χ0v) is 18.5. The van der Waals surface area contributed by atoms with Gasteiger partial charge in [0.05, 0.1) is 11.3 Å². The van der Waals surface area contributed by atoms with E-state index in [1.54, 1.807) is 24.3 Å². The lowest BCUT2D eigenvalue weighted by atomic mass is 10.2. The van der Waals surface area contributed by atoms with Crippen molar-refractivity contribution in [3.8, 4) is 5.75 Å². The molecule has 0 saturated heterocycles. The number of para-hydroxylation sites is 1. The van der Waals surface area contributed by atoms with Gasteiger partial charge in [-0.2, -0.15) is 23.1 Å². The number of hydrogen-bond acceptors (Lipinski definition) is 6. The van der Waals surface area contributed by atoms with Crippen LogP contribution in [0, 0.1) is 13.8 Å².